The third-order valence-electron chi connectivity index (χ3n) is 5.30. The van der Waals surface area contributed by atoms with Crippen LogP contribution in [-0.4, -0.2) is 61.5 Å². The van der Waals surface area contributed by atoms with Gasteiger partial charge in [0.1, 0.15) is 0 Å². The first kappa shape index (κ1) is 13.4. The van der Waals surface area contributed by atoms with Gasteiger partial charge in [0.25, 0.3) is 0 Å². The molecule has 19 heavy (non-hydrogen) atoms. The van der Waals surface area contributed by atoms with E-state index in [0.717, 1.165) is 45.1 Å². The molecule has 0 aromatic rings. The SMILES string of the molecule is CN1CCCC2CN(C(=O)[C@@H]3CCCNC3)CCC21. The number of nitrogens with zero attached hydrogens (tertiary/aromatic N) is 2. The van der Waals surface area contributed by atoms with E-state index in [0.29, 0.717) is 11.8 Å². The molecule has 3 aliphatic heterocycles. The normalized spacial score (nSPS) is 36.9. The van der Waals surface area contributed by atoms with Crippen molar-refractivity contribution in [1.82, 2.24) is 15.1 Å². The van der Waals surface area contributed by atoms with Gasteiger partial charge >= 0.3 is 0 Å². The molecule has 4 nitrogen and oxygen atoms in total. The number of amides is 1. The first-order valence-corrected chi connectivity index (χ1v) is 7.95. The van der Waals surface area contributed by atoms with E-state index in [2.05, 4.69) is 22.2 Å². The van der Waals surface area contributed by atoms with Crippen molar-refractivity contribution in [3.63, 3.8) is 0 Å². The molecule has 0 aliphatic carbocycles. The molecule has 0 aromatic carbocycles. The number of hydrogen-bond acceptors (Lipinski definition) is 3. The van der Waals surface area contributed by atoms with Crippen LogP contribution in [0.25, 0.3) is 0 Å². The molecule has 4 heteroatoms. The van der Waals surface area contributed by atoms with E-state index in [1.165, 1.54) is 25.8 Å². The monoisotopic (exact) mass is 265 g/mol. The molecule has 0 aromatic heterocycles. The van der Waals surface area contributed by atoms with E-state index in [-0.39, 0.29) is 5.92 Å². The largest absolute Gasteiger partial charge is 0.342 e. The number of fused-ring (bicyclic) bond motifs is 1. The van der Waals surface area contributed by atoms with Crippen molar-refractivity contribution in [2.75, 3.05) is 39.8 Å². The van der Waals surface area contributed by atoms with Crippen molar-refractivity contribution in [3.8, 4) is 0 Å². The summed E-state index contributed by atoms with van der Waals surface area (Å²) in [4.78, 5) is 17.3. The maximum absolute atomic E-state index is 12.6. The van der Waals surface area contributed by atoms with Gasteiger partial charge in [0.15, 0.2) is 0 Å². The third-order valence-corrected chi connectivity index (χ3v) is 5.30. The molecule has 0 bridgehead atoms. The molecule has 3 fully saturated rings. The van der Waals surface area contributed by atoms with Crippen LogP contribution in [-0.2, 0) is 4.79 Å². The average molecular weight is 265 g/mol. The lowest BCUT2D eigenvalue weighted by Gasteiger charge is -2.46. The predicted molar refractivity (Wildman–Crippen MR) is 75.9 cm³/mol. The smallest absolute Gasteiger partial charge is 0.226 e. The molecule has 2 unspecified atom stereocenters. The van der Waals surface area contributed by atoms with E-state index in [4.69, 9.17) is 0 Å². The first-order valence-electron chi connectivity index (χ1n) is 7.95. The standard InChI is InChI=1S/C15H27N3O/c1-17-8-3-5-13-11-18(9-6-14(13)17)15(19)12-4-2-7-16-10-12/h12-14,16H,2-11H2,1H3/t12-,13?,14?/m1/s1. The van der Waals surface area contributed by atoms with Crippen molar-refractivity contribution < 1.29 is 4.79 Å². The molecule has 3 aliphatic rings. The van der Waals surface area contributed by atoms with E-state index in [1.807, 2.05) is 0 Å². The van der Waals surface area contributed by atoms with Crippen LogP contribution in [0.5, 0.6) is 0 Å². The van der Waals surface area contributed by atoms with Crippen molar-refractivity contribution in [2.45, 2.75) is 38.1 Å². The molecular weight excluding hydrogens is 238 g/mol. The quantitative estimate of drug-likeness (QED) is 0.766. The summed E-state index contributed by atoms with van der Waals surface area (Å²) in [6.45, 7) is 5.19. The molecule has 3 atom stereocenters. The number of nitrogens with one attached hydrogen (secondary N) is 1. The number of carbonyl (C=O) groups is 1. The van der Waals surface area contributed by atoms with Gasteiger partial charge in [-0.25, -0.2) is 0 Å². The Balaban J connectivity index is 1.59. The van der Waals surface area contributed by atoms with Gasteiger partial charge in [0, 0.05) is 25.7 Å². The number of carbonyl (C=O) groups excluding carboxylic acids is 1. The van der Waals surface area contributed by atoms with Gasteiger partial charge in [0.2, 0.25) is 5.91 Å². The molecule has 3 heterocycles. The van der Waals surface area contributed by atoms with Crippen molar-refractivity contribution in [1.29, 1.82) is 0 Å². The maximum atomic E-state index is 12.6. The molecule has 108 valence electrons. The molecule has 0 saturated carbocycles. The molecule has 1 N–H and O–H groups in total. The van der Waals surface area contributed by atoms with Gasteiger partial charge in [-0.3, -0.25) is 4.79 Å². The fraction of sp³-hybridized carbons (Fsp3) is 0.933. The summed E-state index contributed by atoms with van der Waals surface area (Å²) in [6, 6.07) is 0.724. The Morgan fingerprint density at radius 3 is 2.84 bits per heavy atom. The van der Waals surface area contributed by atoms with Gasteiger partial charge in [-0.2, -0.15) is 0 Å². The summed E-state index contributed by atoms with van der Waals surface area (Å²) < 4.78 is 0. The molecule has 0 spiro atoms. The zero-order valence-electron chi connectivity index (χ0n) is 12.1. The van der Waals surface area contributed by atoms with Gasteiger partial charge < -0.3 is 15.1 Å². The van der Waals surface area contributed by atoms with Gasteiger partial charge in [0.05, 0.1) is 5.92 Å². The van der Waals surface area contributed by atoms with E-state index in [9.17, 15) is 4.79 Å². The Morgan fingerprint density at radius 1 is 1.16 bits per heavy atom. The minimum atomic E-state index is 0.242. The highest BCUT2D eigenvalue weighted by Crippen LogP contribution is 2.30. The van der Waals surface area contributed by atoms with Crippen LogP contribution in [0.3, 0.4) is 0 Å². The fourth-order valence-corrected chi connectivity index (χ4v) is 4.17. The molecule has 1 amide bonds. The molecule has 0 radical (unpaired) electrons. The van der Waals surface area contributed by atoms with Crippen molar-refractivity contribution >= 4 is 5.91 Å². The summed E-state index contributed by atoms with van der Waals surface area (Å²) in [5, 5.41) is 3.36. The third kappa shape index (κ3) is 2.79. The van der Waals surface area contributed by atoms with E-state index >= 15 is 0 Å². The van der Waals surface area contributed by atoms with Crippen LogP contribution in [0.15, 0.2) is 0 Å². The molecular formula is C15H27N3O. The highest BCUT2D eigenvalue weighted by atomic mass is 16.2. The van der Waals surface area contributed by atoms with Crippen LogP contribution in [0.1, 0.15) is 32.1 Å². The molecule has 3 saturated heterocycles. The number of rotatable bonds is 1. The van der Waals surface area contributed by atoms with Crippen LogP contribution >= 0.6 is 0 Å². The summed E-state index contributed by atoms with van der Waals surface area (Å²) in [5.41, 5.74) is 0. The van der Waals surface area contributed by atoms with E-state index < -0.39 is 0 Å². The summed E-state index contributed by atoms with van der Waals surface area (Å²) in [5.74, 6) is 1.37. The van der Waals surface area contributed by atoms with Gasteiger partial charge in [-0.05, 0) is 58.2 Å². The summed E-state index contributed by atoms with van der Waals surface area (Å²) >= 11 is 0. The minimum Gasteiger partial charge on any atom is -0.342 e. The highest BCUT2D eigenvalue weighted by Gasteiger charge is 2.37. The van der Waals surface area contributed by atoms with Crippen LogP contribution < -0.4 is 5.32 Å². The second-order valence-electron chi connectivity index (χ2n) is 6.57. The maximum Gasteiger partial charge on any atom is 0.226 e. The van der Waals surface area contributed by atoms with Crippen LogP contribution in [0, 0.1) is 11.8 Å². The zero-order valence-corrected chi connectivity index (χ0v) is 12.1. The van der Waals surface area contributed by atoms with Crippen LogP contribution in [0.2, 0.25) is 0 Å². The average Bonchev–Trinajstić information content (AvgIpc) is 2.47. The second kappa shape index (κ2) is 5.80. The molecule has 3 rings (SSSR count). The lowest BCUT2D eigenvalue weighted by atomic mass is 9.83. The first-order chi connectivity index (χ1) is 9.25. The lowest BCUT2D eigenvalue weighted by Crippen LogP contribution is -2.55. The number of piperidine rings is 3. The predicted octanol–water partition coefficient (Wildman–Crippen LogP) is 0.929. The summed E-state index contributed by atoms with van der Waals surface area (Å²) in [6.07, 6.45) is 6.01. The Kier molecular flexibility index (Phi) is 4.08. The van der Waals surface area contributed by atoms with Crippen molar-refractivity contribution in [3.05, 3.63) is 0 Å². The highest BCUT2D eigenvalue weighted by molar-refractivity contribution is 5.79. The lowest BCUT2D eigenvalue weighted by molar-refractivity contribution is -0.139. The minimum absolute atomic E-state index is 0.242. The Bertz CT molecular complexity index is 327. The Morgan fingerprint density at radius 2 is 2.05 bits per heavy atom. The number of hydrogen-bond donors (Lipinski definition) is 1. The Hall–Kier alpha value is -0.610. The fourth-order valence-electron chi connectivity index (χ4n) is 4.17. The van der Waals surface area contributed by atoms with E-state index in [1.54, 1.807) is 0 Å². The second-order valence-corrected chi connectivity index (χ2v) is 6.57. The van der Waals surface area contributed by atoms with Gasteiger partial charge in [-0.15, -0.1) is 0 Å². The topological polar surface area (TPSA) is 35.6 Å². The number of likely N-dealkylation sites (tertiary alicyclic amines) is 2. The van der Waals surface area contributed by atoms with Crippen molar-refractivity contribution in [2.24, 2.45) is 11.8 Å². The van der Waals surface area contributed by atoms with Gasteiger partial charge in [-0.1, -0.05) is 0 Å². The Labute approximate surface area is 116 Å². The summed E-state index contributed by atoms with van der Waals surface area (Å²) in [7, 11) is 2.25. The zero-order chi connectivity index (χ0) is 13.2. The van der Waals surface area contributed by atoms with Crippen LogP contribution in [0.4, 0.5) is 0 Å².